The second-order valence-electron chi connectivity index (χ2n) is 12.5. The fourth-order valence-corrected chi connectivity index (χ4v) is 7.61. The van der Waals surface area contributed by atoms with Gasteiger partial charge in [-0.2, -0.15) is 0 Å². The third kappa shape index (κ3) is 6.11. The van der Waals surface area contributed by atoms with E-state index in [-0.39, 0.29) is 36.7 Å². The number of aromatic nitrogens is 1. The molecule has 0 bridgehead atoms. The van der Waals surface area contributed by atoms with Crippen molar-refractivity contribution in [3.63, 3.8) is 0 Å². The number of hydrogen-bond donors (Lipinski definition) is 1. The molecular weight excluding hydrogens is 594 g/mol. The molecule has 0 saturated heterocycles. The third-order valence-electron chi connectivity index (χ3n) is 9.32. The Morgan fingerprint density at radius 1 is 1.22 bits per heavy atom. The van der Waals surface area contributed by atoms with Gasteiger partial charge in [0.05, 0.1) is 56.1 Å². The van der Waals surface area contributed by atoms with E-state index in [2.05, 4.69) is 44.1 Å². The number of nitrogens with one attached hydrogen (secondary N) is 1. The van der Waals surface area contributed by atoms with Crippen molar-refractivity contribution in [3.05, 3.63) is 63.7 Å². The van der Waals surface area contributed by atoms with E-state index in [1.54, 1.807) is 20.1 Å². The van der Waals surface area contributed by atoms with Crippen LogP contribution in [-0.2, 0) is 33.3 Å². The van der Waals surface area contributed by atoms with Crippen molar-refractivity contribution < 1.29 is 33.3 Å². The van der Waals surface area contributed by atoms with Gasteiger partial charge >= 0.3 is 11.9 Å². The molecule has 3 aliphatic carbocycles. The largest absolute Gasteiger partial charge is 0.497 e. The molecule has 0 radical (unpaired) electrons. The number of amides is 1. The van der Waals surface area contributed by atoms with Crippen molar-refractivity contribution in [2.75, 3.05) is 20.8 Å². The fraction of sp³-hybridized carbons (Fsp3) is 0.559. The molecule has 1 amide bonds. The van der Waals surface area contributed by atoms with Gasteiger partial charge in [-0.05, 0) is 51.0 Å². The summed E-state index contributed by atoms with van der Waals surface area (Å²) in [5, 5.41) is 5.76. The van der Waals surface area contributed by atoms with Crippen molar-refractivity contribution in [1.82, 2.24) is 10.3 Å². The van der Waals surface area contributed by atoms with E-state index in [0.29, 0.717) is 24.3 Å². The summed E-state index contributed by atoms with van der Waals surface area (Å²) in [5.41, 5.74) is 2.32. The maximum absolute atomic E-state index is 13.7. The summed E-state index contributed by atoms with van der Waals surface area (Å²) in [6.45, 7) is 14.0. The molecule has 2 fully saturated rings. The summed E-state index contributed by atoms with van der Waals surface area (Å²) in [4.78, 5) is 49.4. The molecule has 11 heteroatoms. The zero-order chi connectivity index (χ0) is 32.6. The van der Waals surface area contributed by atoms with Gasteiger partial charge in [0, 0.05) is 22.9 Å². The number of thiazole rings is 1. The summed E-state index contributed by atoms with van der Waals surface area (Å²) in [6.07, 6.45) is 6.20. The number of fused-ring (bicyclic) bond motifs is 1. The van der Waals surface area contributed by atoms with E-state index in [4.69, 9.17) is 28.9 Å². The van der Waals surface area contributed by atoms with E-state index in [9.17, 15) is 14.4 Å². The Hall–Kier alpha value is -3.73. The minimum absolute atomic E-state index is 0.0183. The molecule has 0 aromatic carbocycles. The van der Waals surface area contributed by atoms with E-state index in [1.165, 1.54) is 18.4 Å². The van der Waals surface area contributed by atoms with Crippen LogP contribution in [0.15, 0.2) is 58.0 Å². The monoisotopic (exact) mass is 637 g/mol. The van der Waals surface area contributed by atoms with Crippen LogP contribution < -0.4 is 5.32 Å². The molecule has 0 spiro atoms. The highest BCUT2D eigenvalue weighted by atomic mass is 32.1. The normalized spacial score (nSPS) is 30.4. The second-order valence-corrected chi connectivity index (χ2v) is 13.4. The van der Waals surface area contributed by atoms with Crippen LogP contribution in [-0.4, -0.2) is 61.0 Å². The number of nitrogens with zero attached hydrogens (tertiary/aromatic N) is 2. The van der Waals surface area contributed by atoms with Crippen LogP contribution >= 0.6 is 11.3 Å². The van der Waals surface area contributed by atoms with Crippen LogP contribution in [0.25, 0.3) is 0 Å². The van der Waals surface area contributed by atoms with Gasteiger partial charge in [-0.15, -0.1) is 17.9 Å². The summed E-state index contributed by atoms with van der Waals surface area (Å²) < 4.78 is 22.8. The van der Waals surface area contributed by atoms with E-state index < -0.39 is 41.3 Å². The number of hydrogen-bond acceptors (Lipinski definition) is 10. The lowest BCUT2D eigenvalue weighted by atomic mass is 9.80. The quantitative estimate of drug-likeness (QED) is 0.258. The first kappa shape index (κ1) is 32.7. The molecule has 4 aliphatic rings. The van der Waals surface area contributed by atoms with Gasteiger partial charge in [0.2, 0.25) is 5.91 Å². The Labute approximate surface area is 268 Å². The molecule has 1 aromatic heterocycles. The Kier molecular flexibility index (Phi) is 9.39. The summed E-state index contributed by atoms with van der Waals surface area (Å²) in [5.74, 6) is -1.47. The van der Waals surface area contributed by atoms with Crippen LogP contribution in [0.2, 0.25) is 0 Å². The molecule has 5 rings (SSSR count). The molecule has 7 atom stereocenters. The minimum atomic E-state index is -1.16. The van der Waals surface area contributed by atoms with Crippen LogP contribution in [0, 0.1) is 29.6 Å². The number of ether oxygens (including phenoxy) is 4. The van der Waals surface area contributed by atoms with Crippen molar-refractivity contribution in [2.45, 2.75) is 71.4 Å². The lowest BCUT2D eigenvalue weighted by Gasteiger charge is -2.34. The number of allylic oxidation sites excluding steroid dienone is 3. The predicted molar refractivity (Wildman–Crippen MR) is 170 cm³/mol. The number of rotatable bonds is 11. The van der Waals surface area contributed by atoms with Crippen LogP contribution in [0.4, 0.5) is 0 Å². The van der Waals surface area contributed by atoms with Crippen molar-refractivity contribution in [1.29, 1.82) is 0 Å². The van der Waals surface area contributed by atoms with Gasteiger partial charge in [-0.25, -0.2) is 14.8 Å². The Balaban J connectivity index is 1.44. The average molecular weight is 638 g/mol. The van der Waals surface area contributed by atoms with Crippen molar-refractivity contribution in [3.8, 4) is 0 Å². The van der Waals surface area contributed by atoms with Gasteiger partial charge in [0.25, 0.3) is 0 Å². The summed E-state index contributed by atoms with van der Waals surface area (Å²) in [7, 11) is 2.97. The summed E-state index contributed by atoms with van der Waals surface area (Å²) in [6, 6.07) is 0. The lowest BCUT2D eigenvalue weighted by molar-refractivity contribution is -0.151. The van der Waals surface area contributed by atoms with Crippen molar-refractivity contribution in [2.24, 2.45) is 34.6 Å². The fourth-order valence-electron chi connectivity index (χ4n) is 6.67. The third-order valence-corrected chi connectivity index (χ3v) is 10.2. The molecule has 10 nitrogen and oxygen atoms in total. The zero-order valence-electron chi connectivity index (χ0n) is 27.0. The highest BCUT2D eigenvalue weighted by molar-refractivity contribution is 7.12. The Bertz CT molecular complexity index is 1500. The Morgan fingerprint density at radius 3 is 2.56 bits per heavy atom. The molecule has 1 aromatic rings. The smallest absolute Gasteiger partial charge is 0.332 e. The first-order valence-corrected chi connectivity index (χ1v) is 16.4. The zero-order valence-corrected chi connectivity index (χ0v) is 27.9. The van der Waals surface area contributed by atoms with Gasteiger partial charge < -0.3 is 24.3 Å². The number of esters is 2. The van der Waals surface area contributed by atoms with E-state index >= 15 is 0 Å². The number of carbonyl (C=O) groups is 3. The molecule has 45 heavy (non-hydrogen) atoms. The first-order chi connectivity index (χ1) is 21.5. The van der Waals surface area contributed by atoms with Gasteiger partial charge in [-0.3, -0.25) is 9.59 Å². The molecule has 2 unspecified atom stereocenters. The first-order valence-electron chi connectivity index (χ1n) is 15.6. The lowest BCUT2D eigenvalue weighted by Crippen LogP contribution is -2.49. The highest BCUT2D eigenvalue weighted by Crippen LogP contribution is 2.48. The average Bonchev–Trinajstić information content (AvgIpc) is 3.32. The molecule has 2 heterocycles. The second kappa shape index (κ2) is 12.9. The molecule has 2 saturated carbocycles. The molecule has 1 N–H and O–H groups in total. The van der Waals surface area contributed by atoms with Gasteiger partial charge in [-0.1, -0.05) is 26.8 Å². The highest BCUT2D eigenvalue weighted by Gasteiger charge is 2.62. The SMILES string of the molecule is C=C[C@@H]1C[C@]1(NC(=O)[C@@H]1C[C@@H](OC2=CC(c3nc(C(C)C)cs3)=NC3=C(C)C(OC)=CC(C)C23)C[C@H]1C(=O)OC)C(=O)OCC. The maximum atomic E-state index is 13.7. The number of dihydropyridines is 1. The van der Waals surface area contributed by atoms with Gasteiger partial charge in [0.15, 0.2) is 0 Å². The number of aliphatic imine (C=N–C) groups is 1. The standard InChI is InChI=1S/C34H43N3O7S/c1-9-20-15-34(20,33(40)43-10-2)37-30(38)22-12-21(13-23(22)32(39)42-8)44-27-14-24(31-36-25(16-45-31)17(3)4)35-29-19(6)26(41-7)11-18(5)28(27)29/h9,11,14,16-18,20-23,28H,1,10,12-13,15H2,2-8H3,(H,37,38)/t18?,20-,21-,22-,23-,28?,34-/m1/s1. The van der Waals surface area contributed by atoms with E-state index in [1.807, 2.05) is 13.0 Å². The van der Waals surface area contributed by atoms with Crippen molar-refractivity contribution >= 4 is 34.9 Å². The summed E-state index contributed by atoms with van der Waals surface area (Å²) >= 11 is 1.54. The van der Waals surface area contributed by atoms with Crippen LogP contribution in [0.5, 0.6) is 0 Å². The van der Waals surface area contributed by atoms with E-state index in [0.717, 1.165) is 27.7 Å². The number of carbonyl (C=O) groups excluding carboxylic acids is 3. The minimum Gasteiger partial charge on any atom is -0.497 e. The topological polar surface area (TPSA) is 125 Å². The molecule has 1 aliphatic heterocycles. The number of methoxy groups -OCH3 is 2. The van der Waals surface area contributed by atoms with Gasteiger partial charge in [0.1, 0.15) is 27.8 Å². The molecular formula is C34H43N3O7S. The van der Waals surface area contributed by atoms with Crippen LogP contribution in [0.1, 0.15) is 70.5 Å². The predicted octanol–water partition coefficient (Wildman–Crippen LogP) is 5.23. The van der Waals surface area contributed by atoms with Crippen LogP contribution in [0.3, 0.4) is 0 Å². The molecule has 242 valence electrons. The Morgan fingerprint density at radius 2 is 1.96 bits per heavy atom. The maximum Gasteiger partial charge on any atom is 0.332 e.